The lowest BCUT2D eigenvalue weighted by atomic mass is 9.97. The number of hydrogen-bond acceptors (Lipinski definition) is 2. The highest BCUT2D eigenvalue weighted by atomic mass is 35.5. The molecular formula is C11H9ClF3NO2. The van der Waals surface area contributed by atoms with Gasteiger partial charge in [0.1, 0.15) is 0 Å². The number of alkyl halides is 3. The second kappa shape index (κ2) is 4.68. The Labute approximate surface area is 106 Å². The summed E-state index contributed by atoms with van der Waals surface area (Å²) in [6, 6.07) is 2.80. The van der Waals surface area contributed by atoms with E-state index in [4.69, 9.17) is 11.6 Å². The lowest BCUT2D eigenvalue weighted by Gasteiger charge is -2.26. The number of alkyl carbamates (subject to hydrolysis) is 1. The maximum absolute atomic E-state index is 12.9. The van der Waals surface area contributed by atoms with E-state index in [0.29, 0.717) is 0 Å². The maximum atomic E-state index is 12.9. The number of nitrogens with one attached hydrogen (secondary N) is 1. The van der Waals surface area contributed by atoms with Crippen molar-refractivity contribution < 1.29 is 22.7 Å². The van der Waals surface area contributed by atoms with Crippen LogP contribution in [0.4, 0.5) is 18.0 Å². The van der Waals surface area contributed by atoms with Crippen LogP contribution in [-0.2, 0) is 10.9 Å². The Bertz CT molecular complexity index is 476. The van der Waals surface area contributed by atoms with Gasteiger partial charge in [0.2, 0.25) is 0 Å². The topological polar surface area (TPSA) is 38.3 Å². The van der Waals surface area contributed by atoms with E-state index in [1.807, 2.05) is 0 Å². The van der Waals surface area contributed by atoms with Gasteiger partial charge in [-0.05, 0) is 17.7 Å². The molecule has 1 fully saturated rings. The summed E-state index contributed by atoms with van der Waals surface area (Å²) in [5.41, 5.74) is -0.828. The molecule has 0 aliphatic carbocycles. The molecule has 0 radical (unpaired) electrons. The van der Waals surface area contributed by atoms with E-state index in [9.17, 15) is 18.0 Å². The summed E-state index contributed by atoms with van der Waals surface area (Å²) >= 11 is 5.58. The first-order valence-corrected chi connectivity index (χ1v) is 5.55. The van der Waals surface area contributed by atoms with Crippen LogP contribution in [0, 0.1) is 0 Å². The largest absolute Gasteiger partial charge is 0.449 e. The van der Waals surface area contributed by atoms with Crippen LogP contribution in [-0.4, -0.2) is 12.7 Å². The third-order valence-corrected chi connectivity index (χ3v) is 2.86. The molecule has 18 heavy (non-hydrogen) atoms. The van der Waals surface area contributed by atoms with Crippen LogP contribution in [0.15, 0.2) is 18.2 Å². The average Bonchev–Trinajstić information content (AvgIpc) is 2.27. The molecule has 0 saturated carbocycles. The van der Waals surface area contributed by atoms with Crippen LogP contribution >= 0.6 is 11.6 Å². The summed E-state index contributed by atoms with van der Waals surface area (Å²) < 4.78 is 43.3. The predicted octanol–water partition coefficient (Wildman–Crippen LogP) is 3.53. The van der Waals surface area contributed by atoms with Crippen molar-refractivity contribution in [3.63, 3.8) is 0 Å². The molecule has 1 aromatic carbocycles. The molecule has 1 aliphatic heterocycles. The van der Waals surface area contributed by atoms with Crippen LogP contribution < -0.4 is 5.32 Å². The van der Waals surface area contributed by atoms with Crippen molar-refractivity contribution in [1.29, 1.82) is 0 Å². The van der Waals surface area contributed by atoms with Gasteiger partial charge in [-0.25, -0.2) is 4.79 Å². The minimum atomic E-state index is -4.51. The van der Waals surface area contributed by atoms with Crippen LogP contribution in [0.3, 0.4) is 0 Å². The number of cyclic esters (lactones) is 1. The third kappa shape index (κ3) is 2.69. The van der Waals surface area contributed by atoms with Crippen molar-refractivity contribution in [3.8, 4) is 0 Å². The summed E-state index contributed by atoms with van der Waals surface area (Å²) in [6.45, 7) is 0.0937. The van der Waals surface area contributed by atoms with Gasteiger partial charge in [-0.1, -0.05) is 17.7 Å². The lowest BCUT2D eigenvalue weighted by Crippen LogP contribution is -2.36. The zero-order valence-electron chi connectivity index (χ0n) is 9.05. The number of carbonyl (C=O) groups excluding carboxylic acids is 1. The van der Waals surface area contributed by atoms with E-state index in [2.05, 4.69) is 10.1 Å². The molecule has 1 amide bonds. The highest BCUT2D eigenvalue weighted by molar-refractivity contribution is 6.30. The second-order valence-corrected chi connectivity index (χ2v) is 4.29. The van der Waals surface area contributed by atoms with Crippen molar-refractivity contribution in [3.05, 3.63) is 34.3 Å². The molecule has 1 aromatic rings. The van der Waals surface area contributed by atoms with Crippen LogP contribution in [0.2, 0.25) is 5.02 Å². The van der Waals surface area contributed by atoms with Crippen molar-refractivity contribution in [2.24, 2.45) is 0 Å². The molecule has 98 valence electrons. The minimum absolute atomic E-state index is 0.00329. The van der Waals surface area contributed by atoms with Crippen LogP contribution in [0.25, 0.3) is 0 Å². The van der Waals surface area contributed by atoms with E-state index in [1.165, 1.54) is 12.1 Å². The Morgan fingerprint density at radius 1 is 1.39 bits per heavy atom. The Hall–Kier alpha value is -1.43. The fraction of sp³-hybridized carbons (Fsp3) is 0.364. The highest BCUT2D eigenvalue weighted by Crippen LogP contribution is 2.37. The SMILES string of the molecule is O=C1N[C@H](c2ccc(Cl)cc2C(F)(F)F)CCO1. The first-order chi connectivity index (χ1) is 8.38. The van der Waals surface area contributed by atoms with Gasteiger partial charge in [-0.15, -0.1) is 0 Å². The normalized spacial score (nSPS) is 20.2. The molecule has 1 N–H and O–H groups in total. The molecule has 1 aliphatic rings. The molecule has 1 heterocycles. The molecule has 0 bridgehead atoms. The van der Waals surface area contributed by atoms with Gasteiger partial charge in [0.15, 0.2) is 0 Å². The molecule has 0 unspecified atom stereocenters. The number of benzene rings is 1. The molecule has 0 aromatic heterocycles. The number of halogens is 4. The average molecular weight is 280 g/mol. The zero-order valence-corrected chi connectivity index (χ0v) is 9.81. The Morgan fingerprint density at radius 3 is 2.72 bits per heavy atom. The van der Waals surface area contributed by atoms with Crippen molar-refractivity contribution >= 4 is 17.7 Å². The monoisotopic (exact) mass is 279 g/mol. The second-order valence-electron chi connectivity index (χ2n) is 3.85. The number of rotatable bonds is 1. The fourth-order valence-electron chi connectivity index (χ4n) is 1.84. The Morgan fingerprint density at radius 2 is 2.11 bits per heavy atom. The van der Waals surface area contributed by atoms with Crippen molar-refractivity contribution in [1.82, 2.24) is 5.32 Å². The molecule has 1 saturated heterocycles. The van der Waals surface area contributed by atoms with Crippen molar-refractivity contribution in [2.45, 2.75) is 18.6 Å². The number of ether oxygens (including phenoxy) is 1. The Kier molecular flexibility index (Phi) is 3.38. The highest BCUT2D eigenvalue weighted by Gasteiger charge is 2.36. The summed E-state index contributed by atoms with van der Waals surface area (Å²) in [7, 11) is 0. The lowest BCUT2D eigenvalue weighted by molar-refractivity contribution is -0.138. The van der Waals surface area contributed by atoms with Crippen LogP contribution in [0.1, 0.15) is 23.6 Å². The smallest absolute Gasteiger partial charge is 0.416 e. The van der Waals surface area contributed by atoms with E-state index < -0.39 is 23.9 Å². The Balaban J connectivity index is 2.40. The van der Waals surface area contributed by atoms with E-state index in [-0.39, 0.29) is 23.6 Å². The van der Waals surface area contributed by atoms with Gasteiger partial charge >= 0.3 is 12.3 Å². The third-order valence-electron chi connectivity index (χ3n) is 2.63. The number of hydrogen-bond donors (Lipinski definition) is 1. The van der Waals surface area contributed by atoms with Gasteiger partial charge in [-0.3, -0.25) is 0 Å². The van der Waals surface area contributed by atoms with E-state index >= 15 is 0 Å². The van der Waals surface area contributed by atoms with Gasteiger partial charge in [-0.2, -0.15) is 13.2 Å². The quantitative estimate of drug-likeness (QED) is 0.854. The summed E-state index contributed by atoms with van der Waals surface area (Å²) in [4.78, 5) is 11.0. The molecule has 2 rings (SSSR count). The zero-order chi connectivity index (χ0) is 13.3. The molecule has 1 atom stereocenters. The minimum Gasteiger partial charge on any atom is -0.449 e. The van der Waals surface area contributed by atoms with Gasteiger partial charge in [0.05, 0.1) is 18.2 Å². The fourth-order valence-corrected chi connectivity index (χ4v) is 2.01. The number of amides is 1. The molecule has 0 spiro atoms. The molecule has 7 heteroatoms. The van der Waals surface area contributed by atoms with Gasteiger partial charge < -0.3 is 10.1 Å². The number of carbonyl (C=O) groups is 1. The first-order valence-electron chi connectivity index (χ1n) is 5.18. The standard InChI is InChI=1S/C11H9ClF3NO2/c12-6-1-2-7(8(5-6)11(13,14)15)9-3-4-18-10(17)16-9/h1-2,5,9H,3-4H2,(H,16,17)/t9-/m0/s1. The van der Waals surface area contributed by atoms with Gasteiger partial charge in [0.25, 0.3) is 0 Å². The van der Waals surface area contributed by atoms with Crippen molar-refractivity contribution in [2.75, 3.05) is 6.61 Å². The molecular weight excluding hydrogens is 271 g/mol. The summed E-state index contributed by atoms with van der Waals surface area (Å²) in [5, 5.41) is 2.36. The predicted molar refractivity (Wildman–Crippen MR) is 58.3 cm³/mol. The summed E-state index contributed by atoms with van der Waals surface area (Å²) in [5.74, 6) is 0. The summed E-state index contributed by atoms with van der Waals surface area (Å²) in [6.07, 6.45) is -4.94. The first kappa shape index (κ1) is 13.0. The maximum Gasteiger partial charge on any atom is 0.416 e. The van der Waals surface area contributed by atoms with E-state index in [0.717, 1.165) is 6.07 Å². The molecule has 3 nitrogen and oxygen atoms in total. The van der Waals surface area contributed by atoms with Crippen LogP contribution in [0.5, 0.6) is 0 Å². The van der Waals surface area contributed by atoms with Gasteiger partial charge in [0, 0.05) is 11.4 Å². The van der Waals surface area contributed by atoms with E-state index in [1.54, 1.807) is 0 Å².